The summed E-state index contributed by atoms with van der Waals surface area (Å²) in [5.41, 5.74) is 0. The zero-order valence-corrected chi connectivity index (χ0v) is 13.4. The molecule has 2 amide bonds. The Bertz CT molecular complexity index is 331. The summed E-state index contributed by atoms with van der Waals surface area (Å²) in [5, 5.41) is 11.7. The number of carbonyl (C=O) groups excluding carboxylic acids is 1. The Morgan fingerprint density at radius 1 is 1.33 bits per heavy atom. The number of aliphatic carboxylic acids is 1. The van der Waals surface area contributed by atoms with E-state index in [-0.39, 0.29) is 12.5 Å². The topological polar surface area (TPSA) is 69.6 Å². The van der Waals surface area contributed by atoms with E-state index < -0.39 is 5.97 Å². The van der Waals surface area contributed by atoms with Crippen molar-refractivity contribution in [3.05, 3.63) is 0 Å². The standard InChI is InChI=1S/C16H30N2O3/c1-13(2)6-3-4-10-17-16(21)18-11-5-7-14(12-18)8-9-15(19)20/h13-14H,3-12H2,1-2H3,(H,17,21)(H,19,20). The molecule has 1 atom stereocenters. The summed E-state index contributed by atoms with van der Waals surface area (Å²) < 4.78 is 0. The van der Waals surface area contributed by atoms with Crippen molar-refractivity contribution in [2.45, 2.75) is 58.8 Å². The predicted octanol–water partition coefficient (Wildman–Crippen LogP) is 3.10. The van der Waals surface area contributed by atoms with Gasteiger partial charge in [0.25, 0.3) is 0 Å². The number of carbonyl (C=O) groups is 2. The predicted molar refractivity (Wildman–Crippen MR) is 83.3 cm³/mol. The fourth-order valence-electron chi connectivity index (χ4n) is 2.80. The zero-order valence-electron chi connectivity index (χ0n) is 13.4. The van der Waals surface area contributed by atoms with Gasteiger partial charge in [0.05, 0.1) is 0 Å². The van der Waals surface area contributed by atoms with Crippen molar-refractivity contribution in [1.29, 1.82) is 0 Å². The minimum atomic E-state index is -0.748. The first kappa shape index (κ1) is 17.8. The lowest BCUT2D eigenvalue weighted by Gasteiger charge is -2.32. The Hall–Kier alpha value is -1.26. The second kappa shape index (κ2) is 9.64. The lowest BCUT2D eigenvalue weighted by molar-refractivity contribution is -0.137. The van der Waals surface area contributed by atoms with Crippen molar-refractivity contribution in [3.8, 4) is 0 Å². The summed E-state index contributed by atoms with van der Waals surface area (Å²) in [4.78, 5) is 24.5. The highest BCUT2D eigenvalue weighted by atomic mass is 16.4. The Morgan fingerprint density at radius 2 is 2.10 bits per heavy atom. The minimum Gasteiger partial charge on any atom is -0.481 e. The monoisotopic (exact) mass is 298 g/mol. The molecule has 0 aromatic heterocycles. The van der Waals surface area contributed by atoms with Gasteiger partial charge >= 0.3 is 12.0 Å². The molecule has 5 nitrogen and oxygen atoms in total. The second-order valence-electron chi connectivity index (χ2n) is 6.51. The highest BCUT2D eigenvalue weighted by molar-refractivity contribution is 5.74. The molecule has 0 aliphatic carbocycles. The van der Waals surface area contributed by atoms with Crippen LogP contribution in [0.25, 0.3) is 0 Å². The maximum Gasteiger partial charge on any atom is 0.317 e. The number of carboxylic acid groups (broad SMARTS) is 1. The van der Waals surface area contributed by atoms with Crippen molar-refractivity contribution in [2.24, 2.45) is 11.8 Å². The molecule has 1 unspecified atom stereocenters. The first-order valence-electron chi connectivity index (χ1n) is 8.23. The lowest BCUT2D eigenvalue weighted by atomic mass is 9.93. The minimum absolute atomic E-state index is 0.0135. The largest absolute Gasteiger partial charge is 0.481 e. The van der Waals surface area contributed by atoms with Crippen LogP contribution in [-0.2, 0) is 4.79 Å². The maximum atomic E-state index is 12.1. The van der Waals surface area contributed by atoms with E-state index >= 15 is 0 Å². The summed E-state index contributed by atoms with van der Waals surface area (Å²) in [6.45, 7) is 6.65. The average molecular weight is 298 g/mol. The quantitative estimate of drug-likeness (QED) is 0.676. The Morgan fingerprint density at radius 3 is 2.76 bits per heavy atom. The number of amides is 2. The van der Waals surface area contributed by atoms with Crippen LogP contribution in [0.4, 0.5) is 4.79 Å². The number of piperidine rings is 1. The van der Waals surface area contributed by atoms with Crippen molar-refractivity contribution in [3.63, 3.8) is 0 Å². The molecule has 5 heteroatoms. The molecule has 0 radical (unpaired) electrons. The van der Waals surface area contributed by atoms with Crippen molar-refractivity contribution in [2.75, 3.05) is 19.6 Å². The van der Waals surface area contributed by atoms with Crippen LogP contribution in [0.1, 0.15) is 58.8 Å². The van der Waals surface area contributed by atoms with E-state index in [2.05, 4.69) is 19.2 Å². The van der Waals surface area contributed by atoms with Crippen LogP contribution >= 0.6 is 0 Å². The van der Waals surface area contributed by atoms with Crippen molar-refractivity contribution < 1.29 is 14.7 Å². The Labute approximate surface area is 128 Å². The fourth-order valence-corrected chi connectivity index (χ4v) is 2.80. The number of nitrogens with one attached hydrogen (secondary N) is 1. The van der Waals surface area contributed by atoms with E-state index in [9.17, 15) is 9.59 Å². The van der Waals surface area contributed by atoms with Gasteiger partial charge in [-0.2, -0.15) is 0 Å². The van der Waals surface area contributed by atoms with Gasteiger partial charge in [-0.1, -0.05) is 26.7 Å². The summed E-state index contributed by atoms with van der Waals surface area (Å²) in [6.07, 6.45) is 6.27. The first-order chi connectivity index (χ1) is 9.99. The van der Waals surface area contributed by atoms with Crippen molar-refractivity contribution >= 4 is 12.0 Å². The Balaban J connectivity index is 2.19. The normalized spacial score (nSPS) is 18.8. The third kappa shape index (κ3) is 7.93. The fraction of sp³-hybridized carbons (Fsp3) is 0.875. The van der Waals surface area contributed by atoms with Gasteiger partial charge in [-0.15, -0.1) is 0 Å². The number of hydrogen-bond donors (Lipinski definition) is 2. The Kier molecular flexibility index (Phi) is 8.16. The van der Waals surface area contributed by atoms with Gasteiger partial charge in [0.2, 0.25) is 0 Å². The van der Waals surface area contributed by atoms with Gasteiger partial charge in [-0.05, 0) is 37.5 Å². The molecule has 1 aliphatic rings. The number of hydrogen-bond acceptors (Lipinski definition) is 2. The molecule has 122 valence electrons. The van der Waals surface area contributed by atoms with Crippen LogP contribution in [0.3, 0.4) is 0 Å². The van der Waals surface area contributed by atoms with E-state index in [0.717, 1.165) is 44.7 Å². The molecule has 1 aliphatic heterocycles. The van der Waals surface area contributed by atoms with E-state index in [4.69, 9.17) is 5.11 Å². The summed E-state index contributed by atoms with van der Waals surface area (Å²) in [7, 11) is 0. The second-order valence-corrected chi connectivity index (χ2v) is 6.51. The van der Waals surface area contributed by atoms with Crippen LogP contribution in [0.15, 0.2) is 0 Å². The number of urea groups is 1. The third-order valence-electron chi connectivity index (χ3n) is 4.06. The smallest absolute Gasteiger partial charge is 0.317 e. The molecule has 0 aromatic rings. The van der Waals surface area contributed by atoms with E-state index in [1.165, 1.54) is 6.42 Å². The molecular formula is C16H30N2O3. The molecule has 2 N–H and O–H groups in total. The summed E-state index contributed by atoms with van der Waals surface area (Å²) in [6, 6.07) is 0.0135. The number of unbranched alkanes of at least 4 members (excludes halogenated alkanes) is 1. The summed E-state index contributed by atoms with van der Waals surface area (Å²) >= 11 is 0. The molecule has 1 rings (SSSR count). The van der Waals surface area contributed by atoms with Crippen LogP contribution in [-0.4, -0.2) is 41.6 Å². The molecular weight excluding hydrogens is 268 g/mol. The SMILES string of the molecule is CC(C)CCCCNC(=O)N1CCCC(CCC(=O)O)C1. The molecule has 1 heterocycles. The first-order valence-corrected chi connectivity index (χ1v) is 8.23. The zero-order chi connectivity index (χ0) is 15.7. The maximum absolute atomic E-state index is 12.1. The van der Waals surface area contributed by atoms with Crippen LogP contribution < -0.4 is 5.32 Å². The molecule has 1 fully saturated rings. The molecule has 0 bridgehead atoms. The molecule has 21 heavy (non-hydrogen) atoms. The van der Waals surface area contributed by atoms with Gasteiger partial charge in [0.1, 0.15) is 0 Å². The van der Waals surface area contributed by atoms with Gasteiger partial charge in [-0.25, -0.2) is 4.79 Å². The number of nitrogens with zero attached hydrogens (tertiary/aromatic N) is 1. The molecule has 0 saturated carbocycles. The number of likely N-dealkylation sites (tertiary alicyclic amines) is 1. The van der Waals surface area contributed by atoms with E-state index in [0.29, 0.717) is 18.9 Å². The lowest BCUT2D eigenvalue weighted by Crippen LogP contribution is -2.45. The highest BCUT2D eigenvalue weighted by Gasteiger charge is 2.23. The number of carboxylic acids is 1. The molecule has 0 aromatic carbocycles. The van der Waals surface area contributed by atoms with Gasteiger partial charge in [0.15, 0.2) is 0 Å². The highest BCUT2D eigenvalue weighted by Crippen LogP contribution is 2.21. The van der Waals surface area contributed by atoms with E-state index in [1.807, 2.05) is 4.90 Å². The number of rotatable bonds is 8. The average Bonchev–Trinajstić information content (AvgIpc) is 2.44. The van der Waals surface area contributed by atoms with Crippen LogP contribution in [0, 0.1) is 11.8 Å². The van der Waals surface area contributed by atoms with Crippen LogP contribution in [0.5, 0.6) is 0 Å². The van der Waals surface area contributed by atoms with E-state index in [1.54, 1.807) is 0 Å². The summed E-state index contributed by atoms with van der Waals surface area (Å²) in [5.74, 6) is 0.307. The van der Waals surface area contributed by atoms with Gasteiger partial charge in [0, 0.05) is 26.1 Å². The van der Waals surface area contributed by atoms with Gasteiger partial charge in [-0.3, -0.25) is 4.79 Å². The molecule has 0 spiro atoms. The van der Waals surface area contributed by atoms with Crippen LogP contribution in [0.2, 0.25) is 0 Å². The van der Waals surface area contributed by atoms with Gasteiger partial charge < -0.3 is 15.3 Å². The third-order valence-corrected chi connectivity index (χ3v) is 4.06. The molecule has 1 saturated heterocycles. The van der Waals surface area contributed by atoms with Crippen molar-refractivity contribution in [1.82, 2.24) is 10.2 Å².